The van der Waals surface area contributed by atoms with Gasteiger partial charge in [0.25, 0.3) is 5.56 Å². The minimum Gasteiger partial charge on any atom is -0.310 e. The van der Waals surface area contributed by atoms with Crippen LogP contribution in [0.25, 0.3) is 15.6 Å². The zero-order valence-electron chi connectivity index (χ0n) is 10.0. The topological polar surface area (TPSA) is 39.3 Å². The van der Waals surface area contributed by atoms with E-state index < -0.39 is 0 Å². The lowest BCUT2D eigenvalue weighted by molar-refractivity contribution is 0.718. The fourth-order valence-electron chi connectivity index (χ4n) is 2.17. The SMILES string of the molecule is CCc1cn2c(C)c3c(=O)n(C)ncc3c2s1. The number of hydrogen-bond donors (Lipinski definition) is 0. The molecule has 0 aliphatic rings. The third-order valence-corrected chi connectivity index (χ3v) is 4.43. The molecule has 88 valence electrons. The quantitative estimate of drug-likeness (QED) is 0.660. The van der Waals surface area contributed by atoms with E-state index in [-0.39, 0.29) is 5.56 Å². The molecule has 5 heteroatoms. The Morgan fingerprint density at radius 2 is 2.24 bits per heavy atom. The van der Waals surface area contributed by atoms with Crippen LogP contribution >= 0.6 is 11.3 Å². The summed E-state index contributed by atoms with van der Waals surface area (Å²) in [4.78, 5) is 14.5. The number of hydrogen-bond acceptors (Lipinski definition) is 3. The molecule has 3 rings (SSSR count). The van der Waals surface area contributed by atoms with Crippen LogP contribution in [0.5, 0.6) is 0 Å². The first-order valence-electron chi connectivity index (χ1n) is 5.58. The van der Waals surface area contributed by atoms with Crippen molar-refractivity contribution in [3.63, 3.8) is 0 Å². The van der Waals surface area contributed by atoms with Crippen LogP contribution < -0.4 is 5.56 Å². The first kappa shape index (κ1) is 10.5. The number of aryl methyl sites for hydroxylation is 3. The summed E-state index contributed by atoms with van der Waals surface area (Å²) >= 11 is 1.74. The normalized spacial score (nSPS) is 11.7. The highest BCUT2D eigenvalue weighted by atomic mass is 32.1. The van der Waals surface area contributed by atoms with Gasteiger partial charge in [-0.3, -0.25) is 4.79 Å². The summed E-state index contributed by atoms with van der Waals surface area (Å²) in [5.41, 5.74) is 0.989. The van der Waals surface area contributed by atoms with E-state index >= 15 is 0 Å². The molecule has 0 N–H and O–H groups in total. The van der Waals surface area contributed by atoms with Gasteiger partial charge in [0.15, 0.2) is 0 Å². The van der Waals surface area contributed by atoms with Gasteiger partial charge in [0.05, 0.1) is 11.6 Å². The van der Waals surface area contributed by atoms with Crippen LogP contribution in [0.1, 0.15) is 17.5 Å². The Kier molecular flexibility index (Phi) is 2.13. The summed E-state index contributed by atoms with van der Waals surface area (Å²) in [6, 6.07) is 0. The van der Waals surface area contributed by atoms with E-state index in [0.29, 0.717) is 0 Å². The van der Waals surface area contributed by atoms with Gasteiger partial charge in [-0.1, -0.05) is 6.92 Å². The van der Waals surface area contributed by atoms with Crippen LogP contribution in [0.4, 0.5) is 0 Å². The van der Waals surface area contributed by atoms with Crippen LogP contribution in [0.2, 0.25) is 0 Å². The maximum atomic E-state index is 12.1. The lowest BCUT2D eigenvalue weighted by Crippen LogP contribution is -2.18. The van der Waals surface area contributed by atoms with E-state index in [1.54, 1.807) is 24.6 Å². The Bertz CT molecular complexity index is 778. The van der Waals surface area contributed by atoms with Gasteiger partial charge in [-0.05, 0) is 13.3 Å². The highest BCUT2D eigenvalue weighted by Crippen LogP contribution is 2.29. The highest BCUT2D eigenvalue weighted by molar-refractivity contribution is 7.18. The van der Waals surface area contributed by atoms with Crippen molar-refractivity contribution in [1.29, 1.82) is 0 Å². The molecule has 0 spiro atoms. The number of thiazole rings is 1. The van der Waals surface area contributed by atoms with E-state index in [1.165, 1.54) is 9.56 Å². The van der Waals surface area contributed by atoms with Crippen LogP contribution in [0, 0.1) is 6.92 Å². The van der Waals surface area contributed by atoms with E-state index in [0.717, 1.165) is 27.7 Å². The fraction of sp³-hybridized carbons (Fsp3) is 0.333. The van der Waals surface area contributed by atoms with Crippen LogP contribution in [0.3, 0.4) is 0 Å². The lowest BCUT2D eigenvalue weighted by atomic mass is 10.2. The Morgan fingerprint density at radius 3 is 2.94 bits per heavy atom. The summed E-state index contributed by atoms with van der Waals surface area (Å²) in [5, 5.41) is 5.86. The number of rotatable bonds is 1. The zero-order chi connectivity index (χ0) is 12.2. The molecule has 3 aromatic rings. The molecule has 0 unspecified atom stereocenters. The molecule has 0 aromatic carbocycles. The van der Waals surface area contributed by atoms with Crippen molar-refractivity contribution in [2.24, 2.45) is 7.05 Å². The van der Waals surface area contributed by atoms with Crippen molar-refractivity contribution >= 4 is 26.9 Å². The van der Waals surface area contributed by atoms with Crippen molar-refractivity contribution in [1.82, 2.24) is 14.2 Å². The van der Waals surface area contributed by atoms with Crippen molar-refractivity contribution in [3.05, 3.63) is 33.3 Å². The lowest BCUT2D eigenvalue weighted by Gasteiger charge is -1.96. The molecule has 0 saturated heterocycles. The molecule has 0 atom stereocenters. The van der Waals surface area contributed by atoms with Crippen molar-refractivity contribution < 1.29 is 0 Å². The van der Waals surface area contributed by atoms with Gasteiger partial charge < -0.3 is 4.40 Å². The molecule has 0 amide bonds. The Balaban J connectivity index is 2.57. The molecular formula is C12H13N3OS. The maximum absolute atomic E-state index is 12.1. The van der Waals surface area contributed by atoms with E-state index in [1.807, 2.05) is 6.92 Å². The number of aromatic nitrogens is 3. The third-order valence-electron chi connectivity index (χ3n) is 3.16. The smallest absolute Gasteiger partial charge is 0.276 e. The monoisotopic (exact) mass is 247 g/mol. The van der Waals surface area contributed by atoms with Gasteiger partial charge in [-0.25, -0.2) is 4.68 Å². The summed E-state index contributed by atoms with van der Waals surface area (Å²) in [7, 11) is 1.68. The molecular weight excluding hydrogens is 234 g/mol. The largest absolute Gasteiger partial charge is 0.310 e. The van der Waals surface area contributed by atoms with Crippen LogP contribution in [0.15, 0.2) is 17.2 Å². The molecule has 0 fully saturated rings. The minimum absolute atomic E-state index is 0.0195. The molecule has 17 heavy (non-hydrogen) atoms. The van der Waals surface area contributed by atoms with E-state index in [2.05, 4.69) is 22.6 Å². The summed E-state index contributed by atoms with van der Waals surface area (Å²) < 4.78 is 3.50. The van der Waals surface area contributed by atoms with Crippen molar-refractivity contribution in [3.8, 4) is 0 Å². The summed E-state index contributed by atoms with van der Waals surface area (Å²) in [6.07, 6.45) is 4.93. The molecule has 0 aliphatic carbocycles. The molecule has 0 saturated carbocycles. The van der Waals surface area contributed by atoms with Gasteiger partial charge in [0, 0.05) is 29.2 Å². The first-order chi connectivity index (χ1) is 8.13. The van der Waals surface area contributed by atoms with E-state index in [9.17, 15) is 4.79 Å². The molecule has 0 aliphatic heterocycles. The molecule has 0 bridgehead atoms. The predicted molar refractivity (Wildman–Crippen MR) is 69.9 cm³/mol. The highest BCUT2D eigenvalue weighted by Gasteiger charge is 2.15. The van der Waals surface area contributed by atoms with Gasteiger partial charge in [0.1, 0.15) is 4.83 Å². The van der Waals surface area contributed by atoms with Crippen molar-refractivity contribution in [2.75, 3.05) is 0 Å². The second-order valence-electron chi connectivity index (χ2n) is 4.17. The van der Waals surface area contributed by atoms with Crippen LogP contribution in [-0.2, 0) is 13.5 Å². The number of fused-ring (bicyclic) bond motifs is 3. The average molecular weight is 247 g/mol. The van der Waals surface area contributed by atoms with Gasteiger partial charge in [0.2, 0.25) is 0 Å². The second-order valence-corrected chi connectivity index (χ2v) is 5.29. The predicted octanol–water partition coefficient (Wildman–Crippen LogP) is 2.12. The molecule has 4 nitrogen and oxygen atoms in total. The molecule has 3 heterocycles. The van der Waals surface area contributed by atoms with E-state index in [4.69, 9.17) is 0 Å². The number of nitrogens with zero attached hydrogens (tertiary/aromatic N) is 3. The summed E-state index contributed by atoms with van der Waals surface area (Å²) in [5.74, 6) is 0. The second kappa shape index (κ2) is 3.43. The van der Waals surface area contributed by atoms with Gasteiger partial charge in [-0.2, -0.15) is 5.10 Å². The summed E-state index contributed by atoms with van der Waals surface area (Å²) in [6.45, 7) is 4.13. The maximum Gasteiger partial charge on any atom is 0.276 e. The Hall–Kier alpha value is -1.62. The molecule has 3 aromatic heterocycles. The zero-order valence-corrected chi connectivity index (χ0v) is 10.8. The minimum atomic E-state index is -0.0195. The van der Waals surface area contributed by atoms with Gasteiger partial charge in [-0.15, -0.1) is 11.3 Å². The molecule has 0 radical (unpaired) electrons. The standard InChI is InChI=1S/C12H13N3OS/c1-4-8-6-15-7(2)10-9(12(15)17-8)5-13-14(3)11(10)16/h5-6H,4H2,1-3H3. The first-order valence-corrected chi connectivity index (χ1v) is 6.40. The Labute approximate surface area is 102 Å². The fourth-order valence-corrected chi connectivity index (χ4v) is 3.27. The van der Waals surface area contributed by atoms with Crippen molar-refractivity contribution in [2.45, 2.75) is 20.3 Å². The Morgan fingerprint density at radius 1 is 1.47 bits per heavy atom. The van der Waals surface area contributed by atoms with Crippen LogP contribution in [-0.4, -0.2) is 14.2 Å². The van der Waals surface area contributed by atoms with Gasteiger partial charge >= 0.3 is 0 Å². The third kappa shape index (κ3) is 1.29. The average Bonchev–Trinajstić information content (AvgIpc) is 2.84.